The molecule has 0 aliphatic carbocycles. The zero-order valence-electron chi connectivity index (χ0n) is 10.6. The van der Waals surface area contributed by atoms with E-state index in [1.165, 1.54) is 4.68 Å². The van der Waals surface area contributed by atoms with Crippen LogP contribution in [0.5, 0.6) is 5.75 Å². The second-order valence-electron chi connectivity index (χ2n) is 4.62. The molecular weight excluding hydrogens is 244 g/mol. The summed E-state index contributed by atoms with van der Waals surface area (Å²) in [6, 6.07) is 7.47. The zero-order chi connectivity index (χ0) is 13.4. The second-order valence-corrected chi connectivity index (χ2v) is 4.62. The standard InChI is InChI=1S/C14H14N2O3/c1-16-12(14(17)18)8-11(15-16)9-4-5-13-10(7-9)3-2-6-19-13/h4-5,7-8H,2-3,6H2,1H3,(H,17,18). The maximum Gasteiger partial charge on any atom is 0.354 e. The van der Waals surface area contributed by atoms with Crippen LogP contribution in [0.2, 0.25) is 0 Å². The molecule has 0 bridgehead atoms. The van der Waals surface area contributed by atoms with Gasteiger partial charge in [0.05, 0.1) is 12.3 Å². The molecule has 2 heterocycles. The van der Waals surface area contributed by atoms with E-state index in [4.69, 9.17) is 9.84 Å². The molecule has 0 fully saturated rings. The minimum absolute atomic E-state index is 0.184. The Kier molecular flexibility index (Phi) is 2.74. The van der Waals surface area contributed by atoms with Crippen LogP contribution >= 0.6 is 0 Å². The number of benzene rings is 1. The Morgan fingerprint density at radius 3 is 3.00 bits per heavy atom. The molecule has 3 rings (SSSR count). The van der Waals surface area contributed by atoms with Crippen molar-refractivity contribution in [3.05, 3.63) is 35.5 Å². The van der Waals surface area contributed by atoms with Crippen LogP contribution in [0.4, 0.5) is 0 Å². The molecule has 0 unspecified atom stereocenters. The number of aromatic carboxylic acids is 1. The van der Waals surface area contributed by atoms with Crippen LogP contribution in [0.1, 0.15) is 22.5 Å². The zero-order valence-corrected chi connectivity index (χ0v) is 10.6. The fourth-order valence-electron chi connectivity index (χ4n) is 2.33. The van der Waals surface area contributed by atoms with Crippen molar-refractivity contribution in [2.75, 3.05) is 6.61 Å². The van der Waals surface area contributed by atoms with Gasteiger partial charge in [-0.05, 0) is 42.7 Å². The van der Waals surface area contributed by atoms with Gasteiger partial charge < -0.3 is 9.84 Å². The first-order valence-electron chi connectivity index (χ1n) is 6.18. The van der Waals surface area contributed by atoms with Crippen LogP contribution in [-0.2, 0) is 13.5 Å². The Morgan fingerprint density at radius 1 is 1.42 bits per heavy atom. The molecular formula is C14H14N2O3. The number of carboxylic acids is 1. The number of carboxylic acid groups (broad SMARTS) is 1. The number of rotatable bonds is 2. The molecule has 1 N–H and O–H groups in total. The summed E-state index contributed by atoms with van der Waals surface area (Å²) in [5, 5.41) is 13.3. The number of ether oxygens (including phenoxy) is 1. The quantitative estimate of drug-likeness (QED) is 0.896. The average Bonchev–Trinajstić information content (AvgIpc) is 2.80. The average molecular weight is 258 g/mol. The van der Waals surface area contributed by atoms with Crippen molar-refractivity contribution in [2.45, 2.75) is 12.8 Å². The molecule has 0 saturated heterocycles. The van der Waals surface area contributed by atoms with Gasteiger partial charge in [-0.15, -0.1) is 0 Å². The summed E-state index contributed by atoms with van der Waals surface area (Å²) in [6.07, 6.45) is 2.00. The van der Waals surface area contributed by atoms with E-state index in [-0.39, 0.29) is 5.69 Å². The Labute approximate surface area is 110 Å². The Bertz CT molecular complexity index is 646. The summed E-state index contributed by atoms with van der Waals surface area (Å²) in [4.78, 5) is 11.0. The largest absolute Gasteiger partial charge is 0.493 e. The lowest BCUT2D eigenvalue weighted by Gasteiger charge is -2.17. The summed E-state index contributed by atoms with van der Waals surface area (Å²) in [5.74, 6) is -0.0491. The van der Waals surface area contributed by atoms with Gasteiger partial charge in [-0.2, -0.15) is 5.10 Å². The van der Waals surface area contributed by atoms with Crippen LogP contribution in [0.3, 0.4) is 0 Å². The van der Waals surface area contributed by atoms with Crippen molar-refractivity contribution in [1.82, 2.24) is 9.78 Å². The lowest BCUT2D eigenvalue weighted by atomic mass is 10.0. The summed E-state index contributed by atoms with van der Waals surface area (Å²) in [6.45, 7) is 0.763. The van der Waals surface area contributed by atoms with Gasteiger partial charge in [-0.1, -0.05) is 0 Å². The van der Waals surface area contributed by atoms with Crippen LogP contribution < -0.4 is 4.74 Å². The van der Waals surface area contributed by atoms with Crippen molar-refractivity contribution < 1.29 is 14.6 Å². The fraction of sp³-hybridized carbons (Fsp3) is 0.286. The summed E-state index contributed by atoms with van der Waals surface area (Å²) in [7, 11) is 1.63. The van der Waals surface area contributed by atoms with E-state index in [1.54, 1.807) is 13.1 Å². The van der Waals surface area contributed by atoms with Crippen molar-refractivity contribution in [1.29, 1.82) is 0 Å². The molecule has 0 saturated carbocycles. The first-order chi connectivity index (χ1) is 9.15. The number of aryl methyl sites for hydroxylation is 2. The van der Waals surface area contributed by atoms with E-state index in [0.717, 1.165) is 36.3 Å². The number of fused-ring (bicyclic) bond motifs is 1. The van der Waals surface area contributed by atoms with E-state index < -0.39 is 5.97 Å². The molecule has 1 aliphatic heterocycles. The fourth-order valence-corrected chi connectivity index (χ4v) is 2.33. The highest BCUT2D eigenvalue weighted by molar-refractivity contribution is 5.87. The minimum atomic E-state index is -0.970. The van der Waals surface area contributed by atoms with Crippen molar-refractivity contribution in [3.8, 4) is 17.0 Å². The first kappa shape index (κ1) is 11.8. The van der Waals surface area contributed by atoms with Gasteiger partial charge in [0.1, 0.15) is 11.4 Å². The normalized spacial score (nSPS) is 13.7. The van der Waals surface area contributed by atoms with Gasteiger partial charge in [0.2, 0.25) is 0 Å². The smallest absolute Gasteiger partial charge is 0.354 e. The molecule has 5 nitrogen and oxygen atoms in total. The number of nitrogens with zero attached hydrogens (tertiary/aromatic N) is 2. The highest BCUT2D eigenvalue weighted by atomic mass is 16.5. The lowest BCUT2D eigenvalue weighted by molar-refractivity contribution is 0.0685. The Balaban J connectivity index is 2.02. The maximum absolute atomic E-state index is 11.0. The van der Waals surface area contributed by atoms with E-state index >= 15 is 0 Å². The van der Waals surface area contributed by atoms with Crippen LogP contribution in [0, 0.1) is 0 Å². The van der Waals surface area contributed by atoms with E-state index in [2.05, 4.69) is 5.10 Å². The molecule has 0 atom stereocenters. The first-order valence-corrected chi connectivity index (χ1v) is 6.18. The van der Waals surface area contributed by atoms with E-state index in [1.807, 2.05) is 18.2 Å². The topological polar surface area (TPSA) is 64.4 Å². The number of hydrogen-bond acceptors (Lipinski definition) is 3. The highest BCUT2D eigenvalue weighted by Crippen LogP contribution is 2.29. The van der Waals surface area contributed by atoms with Gasteiger partial charge >= 0.3 is 5.97 Å². The van der Waals surface area contributed by atoms with Crippen LogP contribution in [0.15, 0.2) is 24.3 Å². The summed E-state index contributed by atoms with van der Waals surface area (Å²) >= 11 is 0. The molecule has 19 heavy (non-hydrogen) atoms. The minimum Gasteiger partial charge on any atom is -0.493 e. The van der Waals surface area contributed by atoms with Gasteiger partial charge in [0.25, 0.3) is 0 Å². The van der Waals surface area contributed by atoms with E-state index in [0.29, 0.717) is 5.69 Å². The molecule has 2 aromatic rings. The number of carbonyl (C=O) groups is 1. The third-order valence-electron chi connectivity index (χ3n) is 3.30. The maximum atomic E-state index is 11.0. The predicted molar refractivity (Wildman–Crippen MR) is 69.4 cm³/mol. The molecule has 0 spiro atoms. The van der Waals surface area contributed by atoms with Gasteiger partial charge in [0, 0.05) is 12.6 Å². The van der Waals surface area contributed by atoms with Crippen molar-refractivity contribution >= 4 is 5.97 Å². The molecule has 1 aromatic carbocycles. The predicted octanol–water partition coefficient (Wildman–Crippen LogP) is 2.11. The third kappa shape index (κ3) is 2.07. The van der Waals surface area contributed by atoms with Gasteiger partial charge in [0.15, 0.2) is 0 Å². The monoisotopic (exact) mass is 258 g/mol. The third-order valence-corrected chi connectivity index (χ3v) is 3.30. The Morgan fingerprint density at radius 2 is 2.26 bits per heavy atom. The van der Waals surface area contributed by atoms with Crippen LogP contribution in [0.25, 0.3) is 11.3 Å². The van der Waals surface area contributed by atoms with Gasteiger partial charge in [-0.25, -0.2) is 4.79 Å². The van der Waals surface area contributed by atoms with Gasteiger partial charge in [-0.3, -0.25) is 4.68 Å². The molecule has 0 radical (unpaired) electrons. The molecule has 1 aromatic heterocycles. The van der Waals surface area contributed by atoms with E-state index in [9.17, 15) is 4.79 Å². The lowest BCUT2D eigenvalue weighted by Crippen LogP contribution is -2.08. The number of hydrogen-bond donors (Lipinski definition) is 1. The molecule has 5 heteroatoms. The number of aromatic nitrogens is 2. The molecule has 98 valence electrons. The van der Waals surface area contributed by atoms with Crippen LogP contribution in [-0.4, -0.2) is 27.5 Å². The SMILES string of the molecule is Cn1nc(-c2ccc3c(c2)CCCO3)cc1C(=O)O. The summed E-state index contributed by atoms with van der Waals surface area (Å²) in [5.41, 5.74) is 2.94. The molecule has 0 amide bonds. The highest BCUT2D eigenvalue weighted by Gasteiger charge is 2.15. The second kappa shape index (κ2) is 4.42. The Hall–Kier alpha value is -2.30. The summed E-state index contributed by atoms with van der Waals surface area (Å²) < 4.78 is 6.94. The van der Waals surface area contributed by atoms with Crippen molar-refractivity contribution in [3.63, 3.8) is 0 Å². The van der Waals surface area contributed by atoms with Crippen molar-refractivity contribution in [2.24, 2.45) is 7.05 Å². The molecule has 1 aliphatic rings.